The molecule has 0 aliphatic carbocycles. The molecule has 0 atom stereocenters. The number of carbonyl (C=O) groups is 1. The third kappa shape index (κ3) is 13.0. The van der Waals surface area contributed by atoms with Gasteiger partial charge in [-0.3, -0.25) is 4.79 Å². The normalized spacial score (nSPS) is 10.6. The fourth-order valence-corrected chi connectivity index (χ4v) is 3.52. The van der Waals surface area contributed by atoms with Gasteiger partial charge in [-0.15, -0.1) is 11.3 Å². The minimum Gasteiger partial charge on any atom is -0.493 e. The second-order valence-corrected chi connectivity index (χ2v) is 9.54. The summed E-state index contributed by atoms with van der Waals surface area (Å²) in [6, 6.07) is 5.58. The van der Waals surface area contributed by atoms with Gasteiger partial charge in [0.15, 0.2) is 0 Å². The summed E-state index contributed by atoms with van der Waals surface area (Å²) in [5, 5.41) is 3.22. The van der Waals surface area contributed by atoms with Gasteiger partial charge in [0, 0.05) is 23.5 Å². The van der Waals surface area contributed by atoms with Crippen LogP contribution in [0.15, 0.2) is 23.6 Å². The zero-order valence-corrected chi connectivity index (χ0v) is 22.9. The van der Waals surface area contributed by atoms with Gasteiger partial charge >= 0.3 is 5.97 Å². The van der Waals surface area contributed by atoms with Crippen LogP contribution in [0.3, 0.4) is 0 Å². The molecule has 0 bridgehead atoms. The maximum Gasteiger partial charge on any atom is 0.311 e. The van der Waals surface area contributed by atoms with Crippen LogP contribution in [0.5, 0.6) is 5.75 Å². The number of nitrogens with two attached hydrogens (primary N) is 1. The van der Waals surface area contributed by atoms with Crippen molar-refractivity contribution in [1.82, 2.24) is 4.98 Å². The molecule has 0 saturated carbocycles. The first-order valence-corrected chi connectivity index (χ1v) is 12.6. The van der Waals surface area contributed by atoms with Crippen LogP contribution in [-0.2, 0) is 20.7 Å². The molecular weight excluding hydrogens is 460 g/mol. The number of hydrogen-bond acceptors (Lipinski definition) is 7. The lowest BCUT2D eigenvalue weighted by atomic mass is 9.96. The van der Waals surface area contributed by atoms with Crippen LogP contribution in [0.25, 0.3) is 10.6 Å². The fourth-order valence-electron chi connectivity index (χ4n) is 2.34. The van der Waals surface area contributed by atoms with E-state index in [1.54, 1.807) is 20.1 Å². The standard InChI is InChI=1S/C17H20ClNO3S.C6H15NO.C2H6/c1-4-21-16(20)7-12-10-23-17(19-12)14-6-5-13(8-15(14)18)22-9-11(2)3;1-6(2,4-7)5-8-3;1-2/h5-6,8,10-11H,4,7,9H2,1-3H3;4-5,7H2,1-3H3;1-2H3. The number of esters is 1. The summed E-state index contributed by atoms with van der Waals surface area (Å²) in [6.07, 6.45) is 0.178. The molecule has 0 aliphatic heterocycles. The van der Waals surface area contributed by atoms with Crippen LogP contribution in [0.2, 0.25) is 5.02 Å². The predicted molar refractivity (Wildman–Crippen MR) is 139 cm³/mol. The summed E-state index contributed by atoms with van der Waals surface area (Å²) < 4.78 is 15.5. The van der Waals surface area contributed by atoms with Gasteiger partial charge in [-0.25, -0.2) is 4.98 Å². The van der Waals surface area contributed by atoms with E-state index in [0.717, 1.165) is 22.9 Å². The van der Waals surface area contributed by atoms with Gasteiger partial charge < -0.3 is 19.9 Å². The van der Waals surface area contributed by atoms with Crippen LogP contribution in [-0.4, -0.2) is 44.4 Å². The maximum absolute atomic E-state index is 11.5. The molecule has 0 unspecified atom stereocenters. The lowest BCUT2D eigenvalue weighted by Gasteiger charge is -2.20. The number of hydrogen-bond donors (Lipinski definition) is 1. The van der Waals surface area contributed by atoms with Gasteiger partial charge in [-0.05, 0) is 37.6 Å². The Morgan fingerprint density at radius 2 is 1.94 bits per heavy atom. The Kier molecular flexibility index (Phi) is 16.0. The predicted octanol–water partition coefficient (Wildman–Crippen LogP) is 6.25. The van der Waals surface area contributed by atoms with Crippen LogP contribution in [0, 0.1) is 11.3 Å². The third-order valence-electron chi connectivity index (χ3n) is 4.02. The minimum absolute atomic E-state index is 0.148. The van der Waals surface area contributed by atoms with Crippen molar-refractivity contribution in [3.63, 3.8) is 0 Å². The molecule has 0 fully saturated rings. The monoisotopic (exact) mass is 500 g/mol. The van der Waals surface area contributed by atoms with Gasteiger partial charge in [-0.2, -0.15) is 0 Å². The smallest absolute Gasteiger partial charge is 0.311 e. The average molecular weight is 501 g/mol. The van der Waals surface area contributed by atoms with E-state index < -0.39 is 0 Å². The SMILES string of the molecule is CC.CCOC(=O)Cc1csc(-c2ccc(OCC(C)C)cc2Cl)n1.COCC(C)(C)CN. The molecule has 188 valence electrons. The zero-order chi connectivity index (χ0) is 25.4. The van der Waals surface area contributed by atoms with Gasteiger partial charge in [0.05, 0.1) is 37.0 Å². The number of halogens is 1. The van der Waals surface area contributed by atoms with Crippen LogP contribution >= 0.6 is 22.9 Å². The largest absolute Gasteiger partial charge is 0.493 e. The minimum atomic E-state index is -0.270. The van der Waals surface area contributed by atoms with Crippen molar-refractivity contribution in [3.05, 3.63) is 34.3 Å². The summed E-state index contributed by atoms with van der Waals surface area (Å²) in [7, 11) is 1.69. The van der Waals surface area contributed by atoms with E-state index in [2.05, 4.69) is 32.7 Å². The van der Waals surface area contributed by atoms with Gasteiger partial charge in [0.25, 0.3) is 0 Å². The third-order valence-corrected chi connectivity index (χ3v) is 5.26. The molecule has 0 aliphatic rings. The zero-order valence-electron chi connectivity index (χ0n) is 21.4. The Balaban J connectivity index is 0.000000868. The van der Waals surface area contributed by atoms with Crippen molar-refractivity contribution in [3.8, 4) is 16.3 Å². The summed E-state index contributed by atoms with van der Waals surface area (Å²) in [5.74, 6) is 0.932. The molecule has 0 saturated heterocycles. The van der Waals surface area contributed by atoms with Gasteiger partial charge in [0.2, 0.25) is 0 Å². The van der Waals surface area contributed by atoms with E-state index in [0.29, 0.717) is 36.4 Å². The van der Waals surface area contributed by atoms with Crippen molar-refractivity contribution in [2.45, 2.75) is 54.9 Å². The van der Waals surface area contributed by atoms with Crippen molar-refractivity contribution >= 4 is 28.9 Å². The second-order valence-electron chi connectivity index (χ2n) is 8.27. The van der Waals surface area contributed by atoms with Crippen LogP contribution in [0.4, 0.5) is 0 Å². The number of aromatic nitrogens is 1. The Morgan fingerprint density at radius 3 is 2.42 bits per heavy atom. The quantitative estimate of drug-likeness (QED) is 0.388. The number of ether oxygens (including phenoxy) is 3. The molecule has 0 radical (unpaired) electrons. The first-order valence-electron chi connectivity index (χ1n) is 11.3. The molecule has 8 heteroatoms. The van der Waals surface area contributed by atoms with Crippen LogP contribution in [0.1, 0.15) is 54.2 Å². The van der Waals surface area contributed by atoms with E-state index in [4.69, 9.17) is 31.5 Å². The first-order chi connectivity index (χ1) is 15.6. The van der Waals surface area contributed by atoms with E-state index >= 15 is 0 Å². The van der Waals surface area contributed by atoms with Crippen molar-refractivity contribution in [1.29, 1.82) is 0 Å². The molecule has 33 heavy (non-hydrogen) atoms. The number of thiazole rings is 1. The van der Waals surface area contributed by atoms with E-state index in [1.165, 1.54) is 11.3 Å². The van der Waals surface area contributed by atoms with Crippen molar-refractivity contribution < 1.29 is 19.0 Å². The lowest BCUT2D eigenvalue weighted by molar-refractivity contribution is -0.142. The molecular formula is C25H41ClN2O4S. The molecule has 1 aromatic heterocycles. The highest BCUT2D eigenvalue weighted by molar-refractivity contribution is 7.13. The lowest BCUT2D eigenvalue weighted by Crippen LogP contribution is -2.28. The highest BCUT2D eigenvalue weighted by Gasteiger charge is 2.14. The van der Waals surface area contributed by atoms with Crippen molar-refractivity contribution in [2.24, 2.45) is 17.1 Å². The van der Waals surface area contributed by atoms with Crippen LogP contribution < -0.4 is 10.5 Å². The maximum atomic E-state index is 11.5. The van der Waals surface area contributed by atoms with Gasteiger partial charge in [-0.1, -0.05) is 53.1 Å². The highest BCUT2D eigenvalue weighted by Crippen LogP contribution is 2.33. The highest BCUT2D eigenvalue weighted by atomic mass is 35.5. The molecule has 1 aromatic carbocycles. The van der Waals surface area contributed by atoms with E-state index in [9.17, 15) is 4.79 Å². The summed E-state index contributed by atoms with van der Waals surface area (Å²) >= 11 is 7.80. The van der Waals surface area contributed by atoms with E-state index in [-0.39, 0.29) is 17.8 Å². The Labute approximate surface area is 208 Å². The molecule has 2 aromatic rings. The van der Waals surface area contributed by atoms with Gasteiger partial charge in [0.1, 0.15) is 10.8 Å². The first kappa shape index (κ1) is 31.3. The molecule has 2 rings (SSSR count). The number of rotatable bonds is 10. The molecule has 0 spiro atoms. The molecule has 0 amide bonds. The number of methoxy groups -OCH3 is 1. The summed E-state index contributed by atoms with van der Waals surface area (Å²) in [4.78, 5) is 16.0. The Hall–Kier alpha value is -1.67. The number of benzene rings is 1. The molecule has 2 N–H and O–H groups in total. The Morgan fingerprint density at radius 1 is 1.27 bits per heavy atom. The summed E-state index contributed by atoms with van der Waals surface area (Å²) in [6.45, 7) is 16.6. The molecule has 1 heterocycles. The average Bonchev–Trinajstić information content (AvgIpc) is 3.22. The van der Waals surface area contributed by atoms with E-state index in [1.807, 2.05) is 31.4 Å². The fraction of sp³-hybridized carbons (Fsp3) is 0.600. The number of nitrogens with zero attached hydrogens (tertiary/aromatic N) is 1. The Bertz CT molecular complexity index is 809. The van der Waals surface area contributed by atoms with Crippen molar-refractivity contribution in [2.75, 3.05) is 33.5 Å². The second kappa shape index (κ2) is 16.9. The summed E-state index contributed by atoms with van der Waals surface area (Å²) in [5.41, 5.74) is 7.09. The number of carbonyl (C=O) groups excluding carboxylic acids is 1. The topological polar surface area (TPSA) is 83.7 Å². The molecule has 6 nitrogen and oxygen atoms in total.